The van der Waals surface area contributed by atoms with Crippen LogP contribution >= 0.6 is 39.3 Å². The highest BCUT2D eigenvalue weighted by Crippen LogP contribution is 2.41. The average Bonchev–Trinajstić information content (AvgIpc) is 3.07. The first kappa shape index (κ1) is 22.5. The zero-order valence-corrected chi connectivity index (χ0v) is 20.0. The van der Waals surface area contributed by atoms with Crippen molar-refractivity contribution < 1.29 is 19.1 Å². The van der Waals surface area contributed by atoms with Gasteiger partial charge in [-0.2, -0.15) is 0 Å². The Hall–Kier alpha value is -2.74. The predicted molar refractivity (Wildman–Crippen MR) is 131 cm³/mol. The molecule has 1 saturated heterocycles. The summed E-state index contributed by atoms with van der Waals surface area (Å²) in [6.45, 7) is 0.389. The van der Waals surface area contributed by atoms with Gasteiger partial charge >= 0.3 is 0 Å². The second-order valence-electron chi connectivity index (χ2n) is 6.77. The van der Waals surface area contributed by atoms with Crippen LogP contribution < -0.4 is 14.4 Å². The minimum absolute atomic E-state index is 0.288. The molecule has 8 heteroatoms. The Morgan fingerprint density at radius 3 is 2.47 bits per heavy atom. The first-order chi connectivity index (χ1) is 15.5. The van der Waals surface area contributed by atoms with Gasteiger partial charge in [-0.15, -0.1) is 0 Å². The molecule has 2 amide bonds. The van der Waals surface area contributed by atoms with E-state index in [4.69, 9.17) is 21.1 Å². The Bertz CT molecular complexity index is 1220. The van der Waals surface area contributed by atoms with Gasteiger partial charge < -0.3 is 9.47 Å². The van der Waals surface area contributed by atoms with E-state index in [2.05, 4.69) is 15.9 Å². The van der Waals surface area contributed by atoms with E-state index in [0.29, 0.717) is 38.9 Å². The number of carbonyl (C=O) groups excluding carboxylic acids is 2. The number of para-hydroxylation sites is 1. The summed E-state index contributed by atoms with van der Waals surface area (Å²) in [5.41, 5.74) is 2.07. The Kier molecular flexibility index (Phi) is 6.89. The molecule has 3 aromatic rings. The van der Waals surface area contributed by atoms with E-state index in [-0.39, 0.29) is 4.91 Å². The third kappa shape index (κ3) is 4.70. The molecule has 0 aromatic heterocycles. The van der Waals surface area contributed by atoms with Crippen molar-refractivity contribution in [3.05, 3.63) is 92.3 Å². The van der Waals surface area contributed by atoms with Crippen LogP contribution in [-0.4, -0.2) is 18.3 Å². The predicted octanol–water partition coefficient (Wildman–Crippen LogP) is 6.93. The molecule has 0 radical (unpaired) electrons. The fourth-order valence-electron chi connectivity index (χ4n) is 3.12. The van der Waals surface area contributed by atoms with Crippen LogP contribution in [0.15, 0.2) is 76.1 Å². The number of halogens is 2. The van der Waals surface area contributed by atoms with Crippen LogP contribution in [0, 0.1) is 0 Å². The fraction of sp³-hybridized carbons (Fsp3) is 0.0833. The van der Waals surface area contributed by atoms with Gasteiger partial charge in [0.15, 0.2) is 11.5 Å². The molecular formula is C24H17BrClNO4S. The molecule has 1 fully saturated rings. The maximum Gasteiger partial charge on any atom is 0.298 e. The standard InChI is InChI=1S/C24H17BrClNO4S/c1-30-20-11-16(17(25)13-21(20)31-14-15-7-3-2-4-8-15)12-22-23(28)27(24(29)32-22)19-10-6-5-9-18(19)26/h2-13H,14H2,1H3/b22-12-. The topological polar surface area (TPSA) is 55.8 Å². The summed E-state index contributed by atoms with van der Waals surface area (Å²) in [4.78, 5) is 26.9. The van der Waals surface area contributed by atoms with Crippen molar-refractivity contribution in [1.29, 1.82) is 0 Å². The van der Waals surface area contributed by atoms with Crippen LogP contribution in [0.5, 0.6) is 11.5 Å². The molecule has 0 atom stereocenters. The molecule has 1 aliphatic rings. The molecule has 4 rings (SSSR count). The molecule has 3 aromatic carbocycles. The lowest BCUT2D eigenvalue weighted by Gasteiger charge is -2.14. The number of amides is 2. The summed E-state index contributed by atoms with van der Waals surface area (Å²) in [7, 11) is 1.55. The lowest BCUT2D eigenvalue weighted by molar-refractivity contribution is -0.113. The van der Waals surface area contributed by atoms with E-state index in [9.17, 15) is 9.59 Å². The number of anilines is 1. The molecule has 0 saturated carbocycles. The first-order valence-electron chi connectivity index (χ1n) is 9.54. The van der Waals surface area contributed by atoms with Crippen LogP contribution in [0.1, 0.15) is 11.1 Å². The Morgan fingerprint density at radius 2 is 1.75 bits per heavy atom. The number of hydrogen-bond acceptors (Lipinski definition) is 5. The molecule has 0 unspecified atom stereocenters. The van der Waals surface area contributed by atoms with Crippen molar-refractivity contribution in [2.75, 3.05) is 12.0 Å². The average molecular weight is 531 g/mol. The summed E-state index contributed by atoms with van der Waals surface area (Å²) < 4.78 is 12.1. The molecule has 0 N–H and O–H groups in total. The highest BCUT2D eigenvalue weighted by Gasteiger charge is 2.37. The van der Waals surface area contributed by atoms with Crippen LogP contribution in [0.25, 0.3) is 6.08 Å². The van der Waals surface area contributed by atoms with Gasteiger partial charge in [-0.1, -0.05) is 70.0 Å². The third-order valence-electron chi connectivity index (χ3n) is 4.69. The van der Waals surface area contributed by atoms with Crippen LogP contribution in [0.3, 0.4) is 0 Å². The summed E-state index contributed by atoms with van der Waals surface area (Å²) in [6.07, 6.45) is 1.65. The second kappa shape index (κ2) is 9.81. The van der Waals surface area contributed by atoms with Crippen molar-refractivity contribution >= 4 is 62.2 Å². The van der Waals surface area contributed by atoms with Crippen molar-refractivity contribution in [2.45, 2.75) is 6.61 Å². The summed E-state index contributed by atoms with van der Waals surface area (Å²) in [5.74, 6) is 0.647. The van der Waals surface area contributed by atoms with Crippen LogP contribution in [0.2, 0.25) is 5.02 Å². The maximum atomic E-state index is 13.0. The fourth-order valence-corrected chi connectivity index (χ4v) is 4.60. The number of benzene rings is 3. The van der Waals surface area contributed by atoms with E-state index in [1.165, 1.54) is 0 Å². The van der Waals surface area contributed by atoms with Crippen molar-refractivity contribution in [2.24, 2.45) is 0 Å². The summed E-state index contributed by atoms with van der Waals surface area (Å²) in [6, 6.07) is 20.1. The Morgan fingerprint density at radius 1 is 1.03 bits per heavy atom. The summed E-state index contributed by atoms with van der Waals surface area (Å²) in [5, 5.41) is -0.0703. The zero-order chi connectivity index (χ0) is 22.7. The first-order valence-corrected chi connectivity index (χ1v) is 11.5. The molecule has 1 aliphatic heterocycles. The molecule has 0 bridgehead atoms. The van der Waals surface area contributed by atoms with Gasteiger partial charge in [-0.25, -0.2) is 4.90 Å². The highest BCUT2D eigenvalue weighted by atomic mass is 79.9. The molecule has 32 heavy (non-hydrogen) atoms. The number of carbonyl (C=O) groups is 2. The monoisotopic (exact) mass is 529 g/mol. The van der Waals surface area contributed by atoms with Crippen LogP contribution in [0.4, 0.5) is 10.5 Å². The van der Waals surface area contributed by atoms with Gasteiger partial charge in [0.2, 0.25) is 0 Å². The SMILES string of the molecule is COc1cc(/C=C2\SC(=O)N(c3ccccc3Cl)C2=O)c(Br)cc1OCc1ccccc1. The number of methoxy groups -OCH3 is 1. The molecule has 0 aliphatic carbocycles. The smallest absolute Gasteiger partial charge is 0.298 e. The largest absolute Gasteiger partial charge is 0.493 e. The van der Waals surface area contributed by atoms with Gasteiger partial charge in [0, 0.05) is 4.47 Å². The number of ether oxygens (including phenoxy) is 2. The number of imide groups is 1. The summed E-state index contributed by atoms with van der Waals surface area (Å²) >= 11 is 10.6. The normalized spacial score (nSPS) is 14.8. The minimum Gasteiger partial charge on any atom is -0.493 e. The third-order valence-corrected chi connectivity index (χ3v) is 6.57. The van der Waals surface area contributed by atoms with Gasteiger partial charge in [-0.3, -0.25) is 9.59 Å². The molecule has 1 heterocycles. The van der Waals surface area contributed by atoms with E-state index in [0.717, 1.165) is 22.2 Å². The van der Waals surface area contributed by atoms with E-state index in [1.54, 1.807) is 49.6 Å². The van der Waals surface area contributed by atoms with Gasteiger partial charge in [0.1, 0.15) is 6.61 Å². The van der Waals surface area contributed by atoms with Crippen molar-refractivity contribution in [1.82, 2.24) is 0 Å². The lowest BCUT2D eigenvalue weighted by atomic mass is 10.1. The number of rotatable bonds is 6. The molecule has 5 nitrogen and oxygen atoms in total. The van der Waals surface area contributed by atoms with Crippen molar-refractivity contribution in [3.8, 4) is 11.5 Å². The Labute approximate surface area is 203 Å². The zero-order valence-electron chi connectivity index (χ0n) is 16.9. The minimum atomic E-state index is -0.427. The number of hydrogen-bond donors (Lipinski definition) is 0. The van der Waals surface area contributed by atoms with Gasteiger partial charge in [-0.05, 0) is 53.2 Å². The quantitative estimate of drug-likeness (QED) is 0.323. The second-order valence-corrected chi connectivity index (χ2v) is 9.02. The molecule has 0 spiro atoms. The highest BCUT2D eigenvalue weighted by molar-refractivity contribution is 9.10. The number of thioether (sulfide) groups is 1. The van der Waals surface area contributed by atoms with E-state index >= 15 is 0 Å². The maximum absolute atomic E-state index is 13.0. The van der Waals surface area contributed by atoms with Crippen molar-refractivity contribution in [3.63, 3.8) is 0 Å². The lowest BCUT2D eigenvalue weighted by Crippen LogP contribution is -2.27. The van der Waals surface area contributed by atoms with E-state index in [1.807, 2.05) is 30.3 Å². The molecule has 162 valence electrons. The Balaban J connectivity index is 1.60. The van der Waals surface area contributed by atoms with Crippen LogP contribution in [-0.2, 0) is 11.4 Å². The van der Waals surface area contributed by atoms with E-state index < -0.39 is 11.1 Å². The van der Waals surface area contributed by atoms with Gasteiger partial charge in [0.05, 0.1) is 22.7 Å². The number of nitrogens with zero attached hydrogens (tertiary/aromatic N) is 1. The molecular weight excluding hydrogens is 514 g/mol. The van der Waals surface area contributed by atoms with Gasteiger partial charge in [0.25, 0.3) is 11.1 Å².